The third-order valence-corrected chi connectivity index (χ3v) is 5.83. The fraction of sp³-hybridized carbons (Fsp3) is 1.00. The van der Waals surface area contributed by atoms with Crippen molar-refractivity contribution in [3.8, 4) is 0 Å². The van der Waals surface area contributed by atoms with Gasteiger partial charge in [-0.15, -0.1) is 0 Å². The minimum atomic E-state index is -2.83. The van der Waals surface area contributed by atoms with Crippen LogP contribution in [0.1, 0.15) is 72.1 Å². The molecular formula is C17H35NO2S. The lowest BCUT2D eigenvalue weighted by atomic mass is 9.71. The molecule has 1 fully saturated rings. The summed E-state index contributed by atoms with van der Waals surface area (Å²) in [7, 11) is -2.83. The summed E-state index contributed by atoms with van der Waals surface area (Å²) in [6.07, 6.45) is 10.8. The molecule has 1 aliphatic carbocycles. The number of hydrogen-bond donors (Lipinski definition) is 1. The molecule has 0 bridgehead atoms. The van der Waals surface area contributed by atoms with Gasteiger partial charge in [0.1, 0.15) is 9.84 Å². The molecule has 0 heterocycles. The maximum atomic E-state index is 11.4. The summed E-state index contributed by atoms with van der Waals surface area (Å²) in [6.45, 7) is 7.87. The Morgan fingerprint density at radius 2 is 1.81 bits per heavy atom. The van der Waals surface area contributed by atoms with Gasteiger partial charge in [-0.3, -0.25) is 0 Å². The smallest absolute Gasteiger partial charge is 0.147 e. The normalized spacial score (nSPS) is 20.0. The number of rotatable bonds is 10. The molecule has 21 heavy (non-hydrogen) atoms. The van der Waals surface area contributed by atoms with Crippen molar-refractivity contribution in [3.63, 3.8) is 0 Å². The molecule has 1 atom stereocenters. The zero-order valence-corrected chi connectivity index (χ0v) is 15.3. The maximum Gasteiger partial charge on any atom is 0.147 e. The van der Waals surface area contributed by atoms with Crippen molar-refractivity contribution in [2.45, 2.75) is 78.2 Å². The molecule has 0 aromatic carbocycles. The van der Waals surface area contributed by atoms with Crippen molar-refractivity contribution in [3.05, 3.63) is 0 Å². The highest BCUT2D eigenvalue weighted by molar-refractivity contribution is 7.90. The first-order chi connectivity index (χ1) is 9.79. The van der Waals surface area contributed by atoms with E-state index >= 15 is 0 Å². The minimum Gasteiger partial charge on any atom is -0.313 e. The van der Waals surface area contributed by atoms with Crippen molar-refractivity contribution in [1.82, 2.24) is 5.32 Å². The molecule has 126 valence electrons. The molecule has 0 aliphatic heterocycles. The number of sulfone groups is 1. The zero-order chi connectivity index (χ0) is 15.9. The van der Waals surface area contributed by atoms with E-state index in [4.69, 9.17) is 0 Å². The summed E-state index contributed by atoms with van der Waals surface area (Å²) in [6, 6.07) is 0.490. The van der Waals surface area contributed by atoms with Crippen LogP contribution in [0.4, 0.5) is 0 Å². The molecule has 0 amide bonds. The summed E-state index contributed by atoms with van der Waals surface area (Å²) in [5, 5.41) is 3.75. The largest absolute Gasteiger partial charge is 0.313 e. The van der Waals surface area contributed by atoms with Crippen LogP contribution in [-0.2, 0) is 9.84 Å². The third kappa shape index (κ3) is 6.68. The van der Waals surface area contributed by atoms with Gasteiger partial charge in [0.25, 0.3) is 0 Å². The lowest BCUT2D eigenvalue weighted by Gasteiger charge is -2.40. The molecule has 1 saturated carbocycles. The van der Waals surface area contributed by atoms with E-state index in [0.29, 0.717) is 23.1 Å². The molecule has 3 nitrogen and oxygen atoms in total. The fourth-order valence-corrected chi connectivity index (χ4v) is 4.77. The van der Waals surface area contributed by atoms with E-state index in [9.17, 15) is 8.42 Å². The Bertz CT molecular complexity index is 384. The van der Waals surface area contributed by atoms with Gasteiger partial charge in [-0.05, 0) is 56.4 Å². The van der Waals surface area contributed by atoms with Crippen molar-refractivity contribution in [2.75, 3.05) is 18.6 Å². The fourth-order valence-electron chi connectivity index (χ4n) is 4.08. The first kappa shape index (κ1) is 19.0. The van der Waals surface area contributed by atoms with Gasteiger partial charge in [-0.1, -0.05) is 33.6 Å². The summed E-state index contributed by atoms with van der Waals surface area (Å²) >= 11 is 0. The highest BCUT2D eigenvalue weighted by Gasteiger charge is 2.40. The summed E-state index contributed by atoms with van der Waals surface area (Å²) in [4.78, 5) is 0. The molecule has 4 heteroatoms. The Morgan fingerprint density at radius 1 is 1.19 bits per heavy atom. The van der Waals surface area contributed by atoms with Crippen LogP contribution in [-0.4, -0.2) is 33.0 Å². The Kier molecular flexibility index (Phi) is 7.69. The topological polar surface area (TPSA) is 46.2 Å². The van der Waals surface area contributed by atoms with Crippen LogP contribution in [0.3, 0.4) is 0 Å². The molecule has 0 spiro atoms. The minimum absolute atomic E-state index is 0.328. The Morgan fingerprint density at radius 3 is 2.29 bits per heavy atom. The van der Waals surface area contributed by atoms with Crippen molar-refractivity contribution in [2.24, 2.45) is 11.3 Å². The average molecular weight is 318 g/mol. The maximum absolute atomic E-state index is 11.4. The molecule has 0 aromatic rings. The van der Waals surface area contributed by atoms with E-state index < -0.39 is 9.84 Å². The third-order valence-electron chi connectivity index (χ3n) is 4.80. The molecular weight excluding hydrogens is 282 g/mol. The first-order valence-corrected chi connectivity index (χ1v) is 10.8. The molecule has 1 unspecified atom stereocenters. The Balaban J connectivity index is 2.72. The molecule has 1 aliphatic rings. The second-order valence-electron chi connectivity index (χ2n) is 7.45. The molecule has 0 aromatic heterocycles. The van der Waals surface area contributed by atoms with Gasteiger partial charge >= 0.3 is 0 Å². The number of nitrogens with one attached hydrogen (secondary N) is 1. The van der Waals surface area contributed by atoms with Crippen molar-refractivity contribution < 1.29 is 8.42 Å². The monoisotopic (exact) mass is 317 g/mol. The lowest BCUT2D eigenvalue weighted by Crippen LogP contribution is -2.45. The van der Waals surface area contributed by atoms with E-state index in [0.717, 1.165) is 25.8 Å². The van der Waals surface area contributed by atoms with Crippen LogP contribution < -0.4 is 5.32 Å². The quantitative estimate of drug-likeness (QED) is 0.667. The Labute approximate surface area is 132 Å². The van der Waals surface area contributed by atoms with Crippen LogP contribution in [0.5, 0.6) is 0 Å². The van der Waals surface area contributed by atoms with Crippen LogP contribution in [0, 0.1) is 11.3 Å². The lowest BCUT2D eigenvalue weighted by molar-refractivity contribution is 0.147. The van der Waals surface area contributed by atoms with Gasteiger partial charge < -0.3 is 5.32 Å². The molecule has 0 radical (unpaired) electrons. The zero-order valence-electron chi connectivity index (χ0n) is 14.5. The predicted molar refractivity (Wildman–Crippen MR) is 91.4 cm³/mol. The first-order valence-electron chi connectivity index (χ1n) is 8.70. The van der Waals surface area contributed by atoms with Gasteiger partial charge in [0, 0.05) is 18.1 Å². The van der Waals surface area contributed by atoms with E-state index in [2.05, 4.69) is 26.1 Å². The van der Waals surface area contributed by atoms with E-state index in [1.807, 2.05) is 0 Å². The molecule has 1 rings (SSSR count). The van der Waals surface area contributed by atoms with Crippen molar-refractivity contribution >= 4 is 9.84 Å². The standard InChI is InChI=1S/C17H35NO2S/c1-5-12-18-16(9-8-13-21(4,19)20)17(14-15(2)3)10-6-7-11-17/h15-16,18H,5-14H2,1-4H3. The molecule has 0 saturated heterocycles. The van der Waals surface area contributed by atoms with Gasteiger partial charge in [0.2, 0.25) is 0 Å². The summed E-state index contributed by atoms with van der Waals surface area (Å²) in [5.74, 6) is 1.04. The summed E-state index contributed by atoms with van der Waals surface area (Å²) in [5.41, 5.74) is 0.404. The second-order valence-corrected chi connectivity index (χ2v) is 9.71. The van der Waals surface area contributed by atoms with E-state index in [1.54, 1.807) is 0 Å². The predicted octanol–water partition coefficient (Wildman–Crippen LogP) is 3.79. The summed E-state index contributed by atoms with van der Waals surface area (Å²) < 4.78 is 22.8. The number of hydrogen-bond acceptors (Lipinski definition) is 3. The highest BCUT2D eigenvalue weighted by Crippen LogP contribution is 2.47. The van der Waals surface area contributed by atoms with Crippen LogP contribution in [0.25, 0.3) is 0 Å². The molecule has 1 N–H and O–H groups in total. The van der Waals surface area contributed by atoms with Crippen LogP contribution >= 0.6 is 0 Å². The average Bonchev–Trinajstić information content (AvgIpc) is 2.80. The van der Waals surface area contributed by atoms with Gasteiger partial charge in [-0.2, -0.15) is 0 Å². The van der Waals surface area contributed by atoms with Gasteiger partial charge in [0.05, 0.1) is 0 Å². The van der Waals surface area contributed by atoms with E-state index in [-0.39, 0.29) is 0 Å². The van der Waals surface area contributed by atoms with Gasteiger partial charge in [0.15, 0.2) is 0 Å². The highest BCUT2D eigenvalue weighted by atomic mass is 32.2. The van der Waals surface area contributed by atoms with Crippen LogP contribution in [0.15, 0.2) is 0 Å². The SMILES string of the molecule is CCCNC(CCCS(C)(=O)=O)C1(CC(C)C)CCCC1. The van der Waals surface area contributed by atoms with Crippen molar-refractivity contribution in [1.29, 1.82) is 0 Å². The van der Waals surface area contributed by atoms with E-state index in [1.165, 1.54) is 38.4 Å². The second kappa shape index (κ2) is 8.52. The Hall–Kier alpha value is -0.0900. The van der Waals surface area contributed by atoms with Crippen LogP contribution in [0.2, 0.25) is 0 Å². The van der Waals surface area contributed by atoms with Gasteiger partial charge in [-0.25, -0.2) is 8.42 Å².